The van der Waals surface area contributed by atoms with Crippen LogP contribution < -0.4 is 0 Å². The van der Waals surface area contributed by atoms with Crippen molar-refractivity contribution in [2.75, 3.05) is 0 Å². The predicted octanol–water partition coefficient (Wildman–Crippen LogP) is 4.56. The summed E-state index contributed by atoms with van der Waals surface area (Å²) in [7, 11) is 0. The molecule has 124 valence electrons. The van der Waals surface area contributed by atoms with Gasteiger partial charge in [0.15, 0.2) is 0 Å². The van der Waals surface area contributed by atoms with Crippen molar-refractivity contribution in [3.8, 4) is 0 Å². The fourth-order valence-electron chi connectivity index (χ4n) is 2.54. The zero-order chi connectivity index (χ0) is 17.0. The van der Waals surface area contributed by atoms with E-state index >= 15 is 0 Å². The lowest BCUT2D eigenvalue weighted by Gasteiger charge is -2.19. The summed E-state index contributed by atoms with van der Waals surface area (Å²) >= 11 is 0. The maximum absolute atomic E-state index is 10.1. The fraction of sp³-hybridized carbons (Fsp3) is 0.500. The highest BCUT2D eigenvalue weighted by atomic mass is 16.3. The van der Waals surface area contributed by atoms with Crippen molar-refractivity contribution in [3.63, 3.8) is 0 Å². The van der Waals surface area contributed by atoms with E-state index in [-0.39, 0.29) is 0 Å². The number of nitrogens with zero attached hydrogens (tertiary/aromatic N) is 2. The minimum Gasteiger partial charge on any atom is -0.384 e. The molecule has 0 saturated carbocycles. The van der Waals surface area contributed by atoms with E-state index in [2.05, 4.69) is 44.0 Å². The first-order chi connectivity index (χ1) is 10.8. The zero-order valence-electron chi connectivity index (χ0n) is 14.9. The van der Waals surface area contributed by atoms with Gasteiger partial charge in [-0.3, -0.25) is 9.97 Å². The van der Waals surface area contributed by atoms with Gasteiger partial charge in [-0.15, -0.1) is 0 Å². The molecule has 3 nitrogen and oxygen atoms in total. The normalized spacial score (nSPS) is 13.3. The Morgan fingerprint density at radius 3 is 2.26 bits per heavy atom. The topological polar surface area (TPSA) is 46.0 Å². The lowest BCUT2D eigenvalue weighted by atomic mass is 9.97. The standard InChI is InChI=1S/C20H28N2O/c1-14(2)17-9-6-8-16(21-17)13-12-15(3)18-10-7-11-19(22-18)20(4,5)23/h6-11,14-15,23H,12-13H2,1-5H3. The van der Waals surface area contributed by atoms with Crippen molar-refractivity contribution in [2.45, 2.75) is 64.9 Å². The SMILES string of the molecule is CC(C)c1cccc(CCC(C)c2cccc(C(C)(C)O)n2)n1. The summed E-state index contributed by atoms with van der Waals surface area (Å²) < 4.78 is 0. The third-order valence-electron chi connectivity index (χ3n) is 4.16. The van der Waals surface area contributed by atoms with Crippen LogP contribution in [0.4, 0.5) is 0 Å². The molecule has 3 heteroatoms. The van der Waals surface area contributed by atoms with E-state index in [1.807, 2.05) is 18.2 Å². The average molecular weight is 312 g/mol. The van der Waals surface area contributed by atoms with Crippen LogP contribution in [0.1, 0.15) is 75.7 Å². The third-order valence-corrected chi connectivity index (χ3v) is 4.16. The van der Waals surface area contributed by atoms with Gasteiger partial charge in [-0.1, -0.05) is 32.9 Å². The second kappa shape index (κ2) is 7.22. The quantitative estimate of drug-likeness (QED) is 0.850. The number of aliphatic hydroxyl groups is 1. The Balaban J connectivity index is 2.05. The first-order valence-electron chi connectivity index (χ1n) is 8.43. The van der Waals surface area contributed by atoms with Crippen molar-refractivity contribution in [1.29, 1.82) is 0 Å². The van der Waals surface area contributed by atoms with Gasteiger partial charge in [0.1, 0.15) is 5.60 Å². The van der Waals surface area contributed by atoms with Crippen LogP contribution in [-0.2, 0) is 12.0 Å². The van der Waals surface area contributed by atoms with Crippen molar-refractivity contribution in [1.82, 2.24) is 9.97 Å². The molecule has 0 aliphatic carbocycles. The van der Waals surface area contributed by atoms with Gasteiger partial charge in [0.25, 0.3) is 0 Å². The van der Waals surface area contributed by atoms with Gasteiger partial charge in [0.2, 0.25) is 0 Å². The lowest BCUT2D eigenvalue weighted by Crippen LogP contribution is -2.18. The number of aromatic nitrogens is 2. The molecule has 0 fully saturated rings. The Morgan fingerprint density at radius 2 is 1.61 bits per heavy atom. The molecule has 0 aromatic carbocycles. The molecule has 2 heterocycles. The number of hydrogen-bond donors (Lipinski definition) is 1. The van der Waals surface area contributed by atoms with Crippen LogP contribution in [0.15, 0.2) is 36.4 Å². The Labute approximate surface area is 139 Å². The van der Waals surface area contributed by atoms with Crippen LogP contribution in [0.25, 0.3) is 0 Å². The molecule has 0 amide bonds. The molecule has 1 atom stereocenters. The minimum absolute atomic E-state index is 0.335. The summed E-state index contributed by atoms with van der Waals surface area (Å²) in [4.78, 5) is 9.37. The predicted molar refractivity (Wildman–Crippen MR) is 94.5 cm³/mol. The highest BCUT2D eigenvalue weighted by Gasteiger charge is 2.19. The van der Waals surface area contributed by atoms with Crippen LogP contribution >= 0.6 is 0 Å². The number of hydrogen-bond acceptors (Lipinski definition) is 3. The maximum Gasteiger partial charge on any atom is 0.101 e. The third kappa shape index (κ3) is 4.87. The molecule has 0 radical (unpaired) electrons. The Bertz CT molecular complexity index is 644. The summed E-state index contributed by atoms with van der Waals surface area (Å²) in [6.07, 6.45) is 1.94. The number of rotatable bonds is 6. The van der Waals surface area contributed by atoms with Gasteiger partial charge in [0.05, 0.1) is 5.69 Å². The van der Waals surface area contributed by atoms with E-state index in [4.69, 9.17) is 4.98 Å². The first kappa shape index (κ1) is 17.6. The van der Waals surface area contributed by atoms with Crippen molar-refractivity contribution in [2.24, 2.45) is 0 Å². The van der Waals surface area contributed by atoms with Crippen LogP contribution in [0.3, 0.4) is 0 Å². The Morgan fingerprint density at radius 1 is 0.957 bits per heavy atom. The molecule has 1 N–H and O–H groups in total. The van der Waals surface area contributed by atoms with Crippen LogP contribution in [-0.4, -0.2) is 15.1 Å². The van der Waals surface area contributed by atoms with E-state index in [1.165, 1.54) is 0 Å². The molecule has 0 spiro atoms. The van der Waals surface area contributed by atoms with Crippen molar-refractivity contribution < 1.29 is 5.11 Å². The Hall–Kier alpha value is -1.74. The summed E-state index contributed by atoms with van der Waals surface area (Å²) in [5.74, 6) is 0.791. The molecule has 2 aromatic rings. The highest BCUT2D eigenvalue weighted by molar-refractivity contribution is 5.19. The molecule has 2 rings (SSSR count). The van der Waals surface area contributed by atoms with Crippen LogP contribution in [0.2, 0.25) is 0 Å². The summed E-state index contributed by atoms with van der Waals surface area (Å²) in [6, 6.07) is 12.2. The lowest BCUT2D eigenvalue weighted by molar-refractivity contribution is 0.0735. The summed E-state index contributed by atoms with van der Waals surface area (Å²) in [6.45, 7) is 10.1. The molecular formula is C20H28N2O. The zero-order valence-corrected chi connectivity index (χ0v) is 14.9. The van der Waals surface area contributed by atoms with Crippen molar-refractivity contribution in [3.05, 3.63) is 59.2 Å². The number of pyridine rings is 2. The molecule has 23 heavy (non-hydrogen) atoms. The molecular weight excluding hydrogens is 284 g/mol. The maximum atomic E-state index is 10.1. The Kier molecular flexibility index (Phi) is 5.53. The molecule has 1 unspecified atom stereocenters. The monoisotopic (exact) mass is 312 g/mol. The van der Waals surface area contributed by atoms with E-state index in [0.29, 0.717) is 11.8 Å². The molecule has 2 aromatic heterocycles. The molecule has 0 aliphatic rings. The van der Waals surface area contributed by atoms with Gasteiger partial charge in [0, 0.05) is 17.1 Å². The van der Waals surface area contributed by atoms with Gasteiger partial charge in [-0.25, -0.2) is 0 Å². The first-order valence-corrected chi connectivity index (χ1v) is 8.43. The summed E-state index contributed by atoms with van der Waals surface area (Å²) in [5.41, 5.74) is 3.15. The van der Waals surface area contributed by atoms with Gasteiger partial charge in [-0.05, 0) is 62.8 Å². The van der Waals surface area contributed by atoms with E-state index in [9.17, 15) is 5.11 Å². The summed E-state index contributed by atoms with van der Waals surface area (Å²) in [5, 5.41) is 10.1. The van der Waals surface area contributed by atoms with Crippen molar-refractivity contribution >= 4 is 0 Å². The number of aryl methyl sites for hydroxylation is 1. The highest BCUT2D eigenvalue weighted by Crippen LogP contribution is 2.23. The molecule has 0 saturated heterocycles. The molecule has 0 bridgehead atoms. The second-order valence-electron chi connectivity index (χ2n) is 7.15. The van der Waals surface area contributed by atoms with E-state index < -0.39 is 5.60 Å². The smallest absolute Gasteiger partial charge is 0.101 e. The van der Waals surface area contributed by atoms with E-state index in [0.717, 1.165) is 35.6 Å². The average Bonchev–Trinajstić information content (AvgIpc) is 2.52. The van der Waals surface area contributed by atoms with Crippen LogP contribution in [0, 0.1) is 0 Å². The minimum atomic E-state index is -0.900. The second-order valence-corrected chi connectivity index (χ2v) is 7.15. The molecule has 0 aliphatic heterocycles. The van der Waals surface area contributed by atoms with Gasteiger partial charge in [-0.2, -0.15) is 0 Å². The largest absolute Gasteiger partial charge is 0.384 e. The van der Waals surface area contributed by atoms with Crippen LogP contribution in [0.5, 0.6) is 0 Å². The van der Waals surface area contributed by atoms with E-state index in [1.54, 1.807) is 13.8 Å². The van der Waals surface area contributed by atoms with Gasteiger partial charge >= 0.3 is 0 Å². The van der Waals surface area contributed by atoms with Gasteiger partial charge < -0.3 is 5.11 Å². The fourth-order valence-corrected chi connectivity index (χ4v) is 2.54.